The van der Waals surface area contributed by atoms with E-state index in [0.29, 0.717) is 12.3 Å². The highest BCUT2D eigenvalue weighted by molar-refractivity contribution is 5.68. The summed E-state index contributed by atoms with van der Waals surface area (Å²) in [6.45, 7) is 2.25. The van der Waals surface area contributed by atoms with Crippen molar-refractivity contribution < 1.29 is 14.7 Å². The van der Waals surface area contributed by atoms with Crippen LogP contribution >= 0.6 is 0 Å². The van der Waals surface area contributed by atoms with Crippen LogP contribution in [0.25, 0.3) is 0 Å². The molecule has 0 aliphatic heterocycles. The second kappa shape index (κ2) is 5.24. The molecule has 0 amide bonds. The molecule has 76 valence electrons. The fraction of sp³-hybridized carbons (Fsp3) is 0.300. The van der Waals surface area contributed by atoms with E-state index in [4.69, 9.17) is 9.94 Å². The first kappa shape index (κ1) is 10.5. The average molecular weight is 195 g/mol. The number of carboxylic acid groups (broad SMARTS) is 1. The number of aliphatic carboxylic acids is 1. The van der Waals surface area contributed by atoms with Crippen LogP contribution in [0.5, 0.6) is 5.75 Å². The van der Waals surface area contributed by atoms with Crippen molar-refractivity contribution in [2.24, 2.45) is 0 Å². The number of nitrogens with zero attached hydrogens (tertiary/aromatic N) is 1. The molecule has 1 aromatic rings. The molecule has 0 heterocycles. The molecule has 1 aromatic carbocycles. The summed E-state index contributed by atoms with van der Waals surface area (Å²) in [4.78, 5) is 15.8. The van der Waals surface area contributed by atoms with Crippen LogP contribution < -0.4 is 4.84 Å². The van der Waals surface area contributed by atoms with Gasteiger partial charge in [0.1, 0.15) is 12.3 Å². The first-order valence-corrected chi connectivity index (χ1v) is 4.42. The number of carboxylic acids is 1. The van der Waals surface area contributed by atoms with Gasteiger partial charge >= 0.3 is 5.97 Å². The van der Waals surface area contributed by atoms with Crippen LogP contribution in [0.3, 0.4) is 0 Å². The lowest BCUT2D eigenvalue weighted by Gasteiger charge is -2.18. The molecule has 14 heavy (non-hydrogen) atoms. The fourth-order valence-electron chi connectivity index (χ4n) is 0.990. The highest BCUT2D eigenvalue weighted by atomic mass is 16.7. The summed E-state index contributed by atoms with van der Waals surface area (Å²) in [5, 5.41) is 9.96. The molecule has 1 N–H and O–H groups in total. The normalized spacial score (nSPS) is 10.1. The van der Waals surface area contributed by atoms with E-state index in [1.54, 1.807) is 12.1 Å². The lowest BCUT2D eigenvalue weighted by atomic mass is 10.3. The monoisotopic (exact) mass is 195 g/mol. The van der Waals surface area contributed by atoms with Gasteiger partial charge in [0.2, 0.25) is 0 Å². The van der Waals surface area contributed by atoms with Crippen molar-refractivity contribution in [1.82, 2.24) is 5.06 Å². The van der Waals surface area contributed by atoms with E-state index in [1.807, 2.05) is 25.1 Å². The smallest absolute Gasteiger partial charge is 0.321 e. The van der Waals surface area contributed by atoms with E-state index in [2.05, 4.69) is 0 Å². The molecular formula is C10H13NO3. The van der Waals surface area contributed by atoms with E-state index in [-0.39, 0.29) is 6.54 Å². The maximum Gasteiger partial charge on any atom is 0.321 e. The molecule has 4 nitrogen and oxygen atoms in total. The summed E-state index contributed by atoms with van der Waals surface area (Å²) in [5.74, 6) is -0.251. The number of hydroxylamine groups is 2. The highest BCUT2D eigenvalue weighted by Crippen LogP contribution is 2.09. The number of hydrogen-bond donors (Lipinski definition) is 1. The minimum Gasteiger partial charge on any atom is -0.480 e. The fourth-order valence-corrected chi connectivity index (χ4v) is 0.990. The Kier molecular flexibility index (Phi) is 3.94. The minimum absolute atomic E-state index is 0.120. The van der Waals surface area contributed by atoms with Crippen LogP contribution in [-0.4, -0.2) is 29.2 Å². The molecule has 0 radical (unpaired) electrons. The van der Waals surface area contributed by atoms with Crippen LogP contribution in [0.15, 0.2) is 30.3 Å². The van der Waals surface area contributed by atoms with E-state index in [9.17, 15) is 4.79 Å². The molecule has 0 fully saturated rings. The number of likely N-dealkylation sites (N-methyl/N-ethyl adjacent to an activating group) is 1. The second-order valence-electron chi connectivity index (χ2n) is 2.75. The van der Waals surface area contributed by atoms with Gasteiger partial charge in [0.05, 0.1) is 0 Å². The SMILES string of the molecule is CCN(CC(=O)O)Oc1ccccc1. The molecule has 0 saturated heterocycles. The van der Waals surface area contributed by atoms with Crippen LogP contribution in [0.2, 0.25) is 0 Å². The van der Waals surface area contributed by atoms with Gasteiger partial charge in [-0.15, -0.1) is 5.06 Å². The first-order chi connectivity index (χ1) is 6.72. The summed E-state index contributed by atoms with van der Waals surface area (Å²) >= 11 is 0. The van der Waals surface area contributed by atoms with Gasteiger partial charge in [0.25, 0.3) is 0 Å². The van der Waals surface area contributed by atoms with Crippen molar-refractivity contribution in [2.45, 2.75) is 6.92 Å². The molecule has 0 aromatic heterocycles. The quantitative estimate of drug-likeness (QED) is 0.721. The standard InChI is InChI=1S/C10H13NO3/c1-2-11(8-10(12)13)14-9-6-4-3-5-7-9/h3-7H,2,8H2,1H3,(H,12,13). The number of benzene rings is 1. The molecule has 0 bridgehead atoms. The van der Waals surface area contributed by atoms with Gasteiger partial charge in [-0.3, -0.25) is 4.79 Å². The Morgan fingerprint density at radius 3 is 2.57 bits per heavy atom. The number of para-hydroxylation sites is 1. The van der Waals surface area contributed by atoms with E-state index in [1.165, 1.54) is 5.06 Å². The third-order valence-corrected chi connectivity index (χ3v) is 1.64. The number of carbonyl (C=O) groups is 1. The number of rotatable bonds is 5. The van der Waals surface area contributed by atoms with E-state index in [0.717, 1.165) is 0 Å². The zero-order chi connectivity index (χ0) is 10.4. The molecule has 4 heteroatoms. The Bertz CT molecular complexity index is 287. The Morgan fingerprint density at radius 1 is 1.43 bits per heavy atom. The Labute approximate surface area is 82.7 Å². The van der Waals surface area contributed by atoms with Gasteiger partial charge in [-0.1, -0.05) is 18.2 Å². The zero-order valence-electron chi connectivity index (χ0n) is 8.01. The minimum atomic E-state index is -0.900. The lowest BCUT2D eigenvalue weighted by molar-refractivity contribution is -0.147. The largest absolute Gasteiger partial charge is 0.480 e. The molecule has 0 saturated carbocycles. The predicted octanol–water partition coefficient (Wildman–Crippen LogP) is 1.39. The molecule has 0 aliphatic rings. The highest BCUT2D eigenvalue weighted by Gasteiger charge is 2.08. The summed E-state index contributed by atoms with van der Waals surface area (Å²) in [5.41, 5.74) is 0. The maximum atomic E-state index is 10.4. The van der Waals surface area contributed by atoms with Gasteiger partial charge in [-0.05, 0) is 19.1 Å². The summed E-state index contributed by atoms with van der Waals surface area (Å²) < 4.78 is 0. The molecule has 0 unspecified atom stereocenters. The van der Waals surface area contributed by atoms with E-state index >= 15 is 0 Å². The van der Waals surface area contributed by atoms with Crippen molar-refractivity contribution in [3.63, 3.8) is 0 Å². The zero-order valence-corrected chi connectivity index (χ0v) is 8.01. The summed E-state index contributed by atoms with van der Waals surface area (Å²) in [6.07, 6.45) is 0. The molecule has 0 atom stereocenters. The summed E-state index contributed by atoms with van der Waals surface area (Å²) in [6, 6.07) is 9.11. The topological polar surface area (TPSA) is 49.8 Å². The van der Waals surface area contributed by atoms with Gasteiger partial charge in [0, 0.05) is 6.54 Å². The first-order valence-electron chi connectivity index (χ1n) is 4.42. The van der Waals surface area contributed by atoms with Crippen molar-refractivity contribution >= 4 is 5.97 Å². The van der Waals surface area contributed by atoms with Crippen LogP contribution in [0, 0.1) is 0 Å². The van der Waals surface area contributed by atoms with Crippen LogP contribution in [0.1, 0.15) is 6.92 Å². The number of hydrogen-bond acceptors (Lipinski definition) is 3. The van der Waals surface area contributed by atoms with E-state index < -0.39 is 5.97 Å². The van der Waals surface area contributed by atoms with Crippen LogP contribution in [-0.2, 0) is 4.79 Å². The second-order valence-corrected chi connectivity index (χ2v) is 2.75. The van der Waals surface area contributed by atoms with Crippen molar-refractivity contribution in [2.75, 3.05) is 13.1 Å². The summed E-state index contributed by atoms with van der Waals surface area (Å²) in [7, 11) is 0. The molecule has 1 rings (SSSR count). The third-order valence-electron chi connectivity index (χ3n) is 1.64. The third kappa shape index (κ3) is 3.45. The van der Waals surface area contributed by atoms with Crippen LogP contribution in [0.4, 0.5) is 0 Å². The van der Waals surface area contributed by atoms with Gasteiger partial charge in [-0.25, -0.2) is 0 Å². The van der Waals surface area contributed by atoms with Crippen molar-refractivity contribution in [3.8, 4) is 5.75 Å². The molecule has 0 spiro atoms. The van der Waals surface area contributed by atoms with Gasteiger partial charge < -0.3 is 9.94 Å². The van der Waals surface area contributed by atoms with Crippen molar-refractivity contribution in [1.29, 1.82) is 0 Å². The maximum absolute atomic E-state index is 10.4. The van der Waals surface area contributed by atoms with Crippen molar-refractivity contribution in [3.05, 3.63) is 30.3 Å². The van der Waals surface area contributed by atoms with Gasteiger partial charge in [0.15, 0.2) is 0 Å². The van der Waals surface area contributed by atoms with Gasteiger partial charge in [-0.2, -0.15) is 0 Å². The predicted molar refractivity (Wildman–Crippen MR) is 52.0 cm³/mol. The average Bonchev–Trinajstić information content (AvgIpc) is 2.17. The Balaban J connectivity index is 2.53. The molecular weight excluding hydrogens is 182 g/mol. The Hall–Kier alpha value is -1.55. The lowest BCUT2D eigenvalue weighted by Crippen LogP contribution is -2.32. The molecule has 0 aliphatic carbocycles. The Morgan fingerprint density at radius 2 is 2.07 bits per heavy atom.